The molecule has 0 bridgehead atoms. The molecule has 2 heterocycles. The van der Waals surface area contributed by atoms with Gasteiger partial charge in [0.2, 0.25) is 0 Å². The Balaban J connectivity index is 1.51. The zero-order chi connectivity index (χ0) is 27.7. The topological polar surface area (TPSA) is 71.4 Å². The number of hydrogen-bond donors (Lipinski definition) is 1. The number of hydrogen-bond acceptors (Lipinski definition) is 6. The maximum Gasteiger partial charge on any atom is 0.416 e. The van der Waals surface area contributed by atoms with Crippen molar-refractivity contribution in [3.8, 4) is 11.5 Å². The number of alkyl halides is 6. The maximum absolute atomic E-state index is 13.4. The smallest absolute Gasteiger partial charge is 0.416 e. The summed E-state index contributed by atoms with van der Waals surface area (Å²) >= 11 is 1.18. The first-order valence-corrected chi connectivity index (χ1v) is 12.2. The van der Waals surface area contributed by atoms with Crippen molar-refractivity contribution in [1.29, 1.82) is 0 Å². The molecule has 38 heavy (non-hydrogen) atoms. The molecule has 1 N–H and O–H groups in total. The van der Waals surface area contributed by atoms with Crippen LogP contribution in [0.15, 0.2) is 46.3 Å². The Hall–Kier alpha value is -3.19. The lowest BCUT2D eigenvalue weighted by Crippen LogP contribution is -2.35. The van der Waals surface area contributed by atoms with Crippen molar-refractivity contribution in [2.45, 2.75) is 37.8 Å². The number of aliphatic hydroxyl groups is 1. The van der Waals surface area contributed by atoms with Gasteiger partial charge >= 0.3 is 12.4 Å². The zero-order valence-electron chi connectivity index (χ0n) is 19.9. The molecule has 6 nitrogen and oxygen atoms in total. The van der Waals surface area contributed by atoms with E-state index in [0.717, 1.165) is 18.9 Å². The van der Waals surface area contributed by atoms with Crippen LogP contribution in [0.5, 0.6) is 11.5 Å². The molecule has 204 valence electrons. The number of likely N-dealkylation sites (tertiary alicyclic amines) is 1. The van der Waals surface area contributed by atoms with Crippen molar-refractivity contribution in [3.05, 3.63) is 63.6 Å². The van der Waals surface area contributed by atoms with Gasteiger partial charge in [-0.3, -0.25) is 4.79 Å². The number of aliphatic imine (C=N–C) groups is 1. The lowest BCUT2D eigenvalue weighted by Gasteiger charge is -2.23. The molecule has 0 spiro atoms. The summed E-state index contributed by atoms with van der Waals surface area (Å²) in [5, 5.41) is 10.0. The number of nitrogens with zero attached hydrogens (tertiary/aromatic N) is 2. The van der Waals surface area contributed by atoms with Crippen LogP contribution in [0, 0.1) is 0 Å². The van der Waals surface area contributed by atoms with E-state index in [9.17, 15) is 36.2 Å². The number of methoxy groups -OCH3 is 1. The maximum atomic E-state index is 13.4. The van der Waals surface area contributed by atoms with Crippen molar-refractivity contribution in [2.24, 2.45) is 4.99 Å². The zero-order valence-corrected chi connectivity index (χ0v) is 20.7. The van der Waals surface area contributed by atoms with Gasteiger partial charge in [-0.05, 0) is 60.5 Å². The van der Waals surface area contributed by atoms with Crippen LogP contribution in [0.4, 0.5) is 26.3 Å². The molecule has 0 unspecified atom stereocenters. The second-order valence-corrected chi connectivity index (χ2v) is 9.56. The minimum atomic E-state index is -5.02. The van der Waals surface area contributed by atoms with Gasteiger partial charge < -0.3 is 19.5 Å². The average molecular weight is 561 g/mol. The number of thioether (sulfide) groups is 1. The minimum absolute atomic E-state index is 0.0393. The van der Waals surface area contributed by atoms with Gasteiger partial charge in [-0.25, -0.2) is 0 Å². The van der Waals surface area contributed by atoms with E-state index in [-0.39, 0.29) is 30.2 Å². The van der Waals surface area contributed by atoms with Gasteiger partial charge in [0, 0.05) is 12.1 Å². The molecular formula is C25H22F6N2O4S. The highest BCUT2D eigenvalue weighted by Crippen LogP contribution is 2.39. The summed E-state index contributed by atoms with van der Waals surface area (Å²) in [6.07, 6.45) is -6.67. The standard InChI is InChI=1S/C25H22F6N2O4S/c1-36-20-9-14(10-21-22(35)32-23(38-21)33-8-2-3-17(33)12-34)4-7-19(20)37-13-15-5-6-16(24(26,27)28)11-18(15)25(29,30)31/h4-7,9-11,17,34H,2-3,8,12-13H2,1H3/b21-10+/t17-/m0/s1. The van der Waals surface area contributed by atoms with E-state index in [1.54, 1.807) is 12.1 Å². The van der Waals surface area contributed by atoms with Crippen LogP contribution >= 0.6 is 11.8 Å². The molecular weight excluding hydrogens is 538 g/mol. The Labute approximate surface area is 217 Å². The number of ether oxygens (including phenoxy) is 2. The number of aliphatic hydroxyl groups excluding tert-OH is 1. The monoisotopic (exact) mass is 560 g/mol. The average Bonchev–Trinajstić information content (AvgIpc) is 3.48. The van der Waals surface area contributed by atoms with Crippen molar-refractivity contribution in [3.63, 3.8) is 0 Å². The van der Waals surface area contributed by atoms with Crippen molar-refractivity contribution in [2.75, 3.05) is 20.3 Å². The highest BCUT2D eigenvalue weighted by molar-refractivity contribution is 8.18. The van der Waals surface area contributed by atoms with Crippen LogP contribution in [0.25, 0.3) is 6.08 Å². The largest absolute Gasteiger partial charge is 0.493 e. The SMILES string of the molecule is COc1cc(/C=C2/SC(N3CCC[C@H]3CO)=NC2=O)ccc1OCc1ccc(C(F)(F)F)cc1C(F)(F)F. The number of amides is 1. The van der Waals surface area contributed by atoms with E-state index < -0.39 is 41.6 Å². The summed E-state index contributed by atoms with van der Waals surface area (Å²) in [5.74, 6) is -0.223. The van der Waals surface area contributed by atoms with Gasteiger partial charge in [0.15, 0.2) is 16.7 Å². The van der Waals surface area contributed by atoms with E-state index in [2.05, 4.69) is 4.99 Å². The lowest BCUT2D eigenvalue weighted by atomic mass is 10.0. The Morgan fingerprint density at radius 3 is 2.53 bits per heavy atom. The quantitative estimate of drug-likeness (QED) is 0.359. The van der Waals surface area contributed by atoms with Crippen LogP contribution in [0.2, 0.25) is 0 Å². The molecule has 13 heteroatoms. The first-order valence-electron chi connectivity index (χ1n) is 11.4. The van der Waals surface area contributed by atoms with Gasteiger partial charge in [0.05, 0.1) is 35.8 Å². The van der Waals surface area contributed by atoms with E-state index in [1.165, 1.54) is 31.0 Å². The predicted molar refractivity (Wildman–Crippen MR) is 129 cm³/mol. The molecule has 0 radical (unpaired) electrons. The molecule has 0 aliphatic carbocycles. The molecule has 2 aliphatic rings. The number of halogens is 6. The Bertz CT molecular complexity index is 1280. The van der Waals surface area contributed by atoms with Crippen molar-refractivity contribution >= 4 is 28.9 Å². The number of amidine groups is 1. The first kappa shape index (κ1) is 27.8. The van der Waals surface area contributed by atoms with E-state index >= 15 is 0 Å². The van der Waals surface area contributed by atoms with Crippen LogP contribution in [-0.4, -0.2) is 47.4 Å². The number of carbonyl (C=O) groups is 1. The van der Waals surface area contributed by atoms with E-state index in [0.29, 0.717) is 28.2 Å². The second kappa shape index (κ2) is 10.9. The lowest BCUT2D eigenvalue weighted by molar-refractivity contribution is -0.143. The highest BCUT2D eigenvalue weighted by atomic mass is 32.2. The van der Waals surface area contributed by atoms with Gasteiger partial charge in [-0.15, -0.1) is 0 Å². The highest BCUT2D eigenvalue weighted by Gasteiger charge is 2.38. The second-order valence-electron chi connectivity index (χ2n) is 8.55. The van der Waals surface area contributed by atoms with Crippen molar-refractivity contribution < 1.29 is 45.7 Å². The minimum Gasteiger partial charge on any atom is -0.493 e. The van der Waals surface area contributed by atoms with Crippen LogP contribution in [0.3, 0.4) is 0 Å². The first-order chi connectivity index (χ1) is 17.9. The van der Waals surface area contributed by atoms with Crippen LogP contribution in [0.1, 0.15) is 35.1 Å². The molecule has 1 amide bonds. The number of carbonyl (C=O) groups excluding carboxylic acids is 1. The fourth-order valence-corrected chi connectivity index (χ4v) is 5.15. The predicted octanol–water partition coefficient (Wildman–Crippen LogP) is 5.74. The number of benzene rings is 2. The summed E-state index contributed by atoms with van der Waals surface area (Å²) in [5.41, 5.74) is -2.79. The fraction of sp³-hybridized carbons (Fsp3) is 0.360. The molecule has 0 saturated carbocycles. The Morgan fingerprint density at radius 2 is 1.87 bits per heavy atom. The van der Waals surface area contributed by atoms with Gasteiger partial charge in [0.25, 0.3) is 5.91 Å². The van der Waals surface area contributed by atoms with E-state index in [1.807, 2.05) is 4.90 Å². The molecule has 2 aromatic rings. The van der Waals surface area contributed by atoms with E-state index in [4.69, 9.17) is 9.47 Å². The third-order valence-corrected chi connectivity index (χ3v) is 7.07. The summed E-state index contributed by atoms with van der Waals surface area (Å²) in [6.45, 7) is -0.00788. The van der Waals surface area contributed by atoms with Gasteiger partial charge in [-0.1, -0.05) is 12.1 Å². The third kappa shape index (κ3) is 6.09. The molecule has 0 aromatic heterocycles. The van der Waals surface area contributed by atoms with Crippen LogP contribution < -0.4 is 9.47 Å². The summed E-state index contributed by atoms with van der Waals surface area (Å²) in [4.78, 5) is 18.8. The summed E-state index contributed by atoms with van der Waals surface area (Å²) in [7, 11) is 1.32. The molecule has 2 aliphatic heterocycles. The van der Waals surface area contributed by atoms with Crippen LogP contribution in [-0.2, 0) is 23.8 Å². The molecule has 1 atom stereocenters. The molecule has 1 fully saturated rings. The molecule has 2 aromatic carbocycles. The Kier molecular flexibility index (Phi) is 7.98. The molecule has 1 saturated heterocycles. The summed E-state index contributed by atoms with van der Waals surface area (Å²) < 4.78 is 89.8. The summed E-state index contributed by atoms with van der Waals surface area (Å²) in [6, 6.07) is 5.77. The van der Waals surface area contributed by atoms with Crippen molar-refractivity contribution in [1.82, 2.24) is 4.90 Å². The third-order valence-electron chi connectivity index (χ3n) is 6.05. The Morgan fingerprint density at radius 1 is 1.11 bits per heavy atom. The number of rotatable bonds is 6. The van der Waals surface area contributed by atoms with Gasteiger partial charge in [-0.2, -0.15) is 31.3 Å². The fourth-order valence-electron chi connectivity index (χ4n) is 4.14. The normalized spacial score (nSPS) is 19.3. The van der Waals surface area contributed by atoms with Gasteiger partial charge in [0.1, 0.15) is 6.61 Å². The molecule has 4 rings (SSSR count).